The van der Waals surface area contributed by atoms with Crippen LogP contribution in [0.4, 0.5) is 23.7 Å². The first-order valence-corrected chi connectivity index (χ1v) is 8.45. The fourth-order valence-electron chi connectivity index (χ4n) is 2.96. The summed E-state index contributed by atoms with van der Waals surface area (Å²) in [6.45, 7) is 0.767. The normalized spacial score (nSPS) is 19.2. The van der Waals surface area contributed by atoms with Crippen LogP contribution >= 0.6 is 0 Å². The van der Waals surface area contributed by atoms with Crippen molar-refractivity contribution in [2.75, 3.05) is 18.5 Å². The highest BCUT2D eigenvalue weighted by atomic mass is 19.4. The molecular formula is C17H21F3N2O3. The Labute approximate surface area is 143 Å². The zero-order valence-electron chi connectivity index (χ0n) is 13.7. The third kappa shape index (κ3) is 4.78. The number of nitrogens with one attached hydrogen (secondary N) is 2. The number of benzene rings is 1. The van der Waals surface area contributed by atoms with E-state index in [2.05, 4.69) is 10.6 Å². The van der Waals surface area contributed by atoms with Gasteiger partial charge in [-0.3, -0.25) is 0 Å². The van der Waals surface area contributed by atoms with Gasteiger partial charge in [0, 0.05) is 6.04 Å². The van der Waals surface area contributed by atoms with E-state index in [1.54, 1.807) is 0 Å². The van der Waals surface area contributed by atoms with E-state index < -0.39 is 17.8 Å². The first kappa shape index (κ1) is 17.8. The molecule has 2 amide bonds. The molecule has 2 aliphatic rings. The number of carbonyl (C=O) groups excluding carboxylic acids is 1. The SMILES string of the molecule is O=C(Nc1cc(C(F)(F)F)ccc1OC1COC1)NC1CCCCC1. The number of ether oxygens (including phenoxy) is 2. The lowest BCUT2D eigenvalue weighted by atomic mass is 9.96. The van der Waals surface area contributed by atoms with Gasteiger partial charge >= 0.3 is 12.2 Å². The summed E-state index contributed by atoms with van der Waals surface area (Å²) in [7, 11) is 0. The van der Waals surface area contributed by atoms with Crippen molar-refractivity contribution >= 4 is 11.7 Å². The zero-order valence-corrected chi connectivity index (χ0v) is 13.7. The number of hydrogen-bond acceptors (Lipinski definition) is 3. The highest BCUT2D eigenvalue weighted by Gasteiger charge is 2.32. The van der Waals surface area contributed by atoms with Crippen LogP contribution in [-0.4, -0.2) is 31.4 Å². The Morgan fingerprint density at radius 1 is 1.16 bits per heavy atom. The van der Waals surface area contributed by atoms with E-state index in [-0.39, 0.29) is 23.6 Å². The van der Waals surface area contributed by atoms with Gasteiger partial charge < -0.3 is 20.1 Å². The largest absolute Gasteiger partial charge is 0.483 e. The smallest absolute Gasteiger partial charge is 0.416 e. The second-order valence-electron chi connectivity index (χ2n) is 6.42. The van der Waals surface area contributed by atoms with E-state index in [9.17, 15) is 18.0 Å². The van der Waals surface area contributed by atoms with Gasteiger partial charge in [-0.05, 0) is 31.0 Å². The molecule has 1 aliphatic heterocycles. The molecule has 2 fully saturated rings. The van der Waals surface area contributed by atoms with Crippen LogP contribution in [0.1, 0.15) is 37.7 Å². The summed E-state index contributed by atoms with van der Waals surface area (Å²) in [6, 6.07) is 2.62. The molecule has 1 aromatic carbocycles. The van der Waals surface area contributed by atoms with Gasteiger partial charge in [0.1, 0.15) is 11.9 Å². The maximum atomic E-state index is 13.0. The molecule has 0 spiro atoms. The molecule has 1 saturated carbocycles. The van der Waals surface area contributed by atoms with Crippen LogP contribution in [0.3, 0.4) is 0 Å². The van der Waals surface area contributed by atoms with Crippen molar-refractivity contribution in [3.8, 4) is 5.75 Å². The van der Waals surface area contributed by atoms with Crippen LogP contribution in [0.25, 0.3) is 0 Å². The number of urea groups is 1. The van der Waals surface area contributed by atoms with Crippen LogP contribution in [-0.2, 0) is 10.9 Å². The molecule has 0 atom stereocenters. The van der Waals surface area contributed by atoms with Gasteiger partial charge in [-0.2, -0.15) is 13.2 Å². The Kier molecular flexibility index (Phi) is 5.36. The number of amides is 2. The Hall–Kier alpha value is -1.96. The predicted molar refractivity (Wildman–Crippen MR) is 85.7 cm³/mol. The first-order chi connectivity index (χ1) is 11.9. The number of carbonyl (C=O) groups is 1. The van der Waals surface area contributed by atoms with Gasteiger partial charge in [-0.25, -0.2) is 4.79 Å². The molecule has 0 radical (unpaired) electrons. The molecule has 0 bridgehead atoms. The van der Waals surface area contributed by atoms with Crippen molar-refractivity contribution in [1.82, 2.24) is 5.32 Å². The number of halogens is 3. The second kappa shape index (κ2) is 7.51. The van der Waals surface area contributed by atoms with E-state index >= 15 is 0 Å². The third-order valence-electron chi connectivity index (χ3n) is 4.40. The summed E-state index contributed by atoms with van der Waals surface area (Å²) >= 11 is 0. The Bertz CT molecular complexity index is 612. The maximum absolute atomic E-state index is 13.0. The highest BCUT2D eigenvalue weighted by molar-refractivity contribution is 5.91. The van der Waals surface area contributed by atoms with Gasteiger partial charge in [-0.15, -0.1) is 0 Å². The quantitative estimate of drug-likeness (QED) is 0.857. The highest BCUT2D eigenvalue weighted by Crippen LogP contribution is 2.35. The summed E-state index contributed by atoms with van der Waals surface area (Å²) in [6.07, 6.45) is 0.314. The molecule has 1 aliphatic carbocycles. The molecule has 1 saturated heterocycles. The minimum atomic E-state index is -4.49. The van der Waals surface area contributed by atoms with Crippen molar-refractivity contribution in [3.05, 3.63) is 23.8 Å². The summed E-state index contributed by atoms with van der Waals surface area (Å²) in [5.74, 6) is 0.208. The average Bonchev–Trinajstić information content (AvgIpc) is 2.51. The van der Waals surface area contributed by atoms with Crippen LogP contribution < -0.4 is 15.4 Å². The maximum Gasteiger partial charge on any atom is 0.416 e. The lowest BCUT2D eigenvalue weighted by molar-refractivity contribution is -0.137. The Morgan fingerprint density at radius 2 is 1.88 bits per heavy atom. The minimum absolute atomic E-state index is 0.00929. The van der Waals surface area contributed by atoms with Crippen molar-refractivity contribution in [2.24, 2.45) is 0 Å². The minimum Gasteiger partial charge on any atom is -0.483 e. The molecule has 5 nitrogen and oxygen atoms in total. The number of hydrogen-bond donors (Lipinski definition) is 2. The molecule has 8 heteroatoms. The lowest BCUT2D eigenvalue weighted by Gasteiger charge is -2.28. The van der Waals surface area contributed by atoms with Crippen LogP contribution in [0.2, 0.25) is 0 Å². The van der Waals surface area contributed by atoms with Gasteiger partial charge in [-0.1, -0.05) is 19.3 Å². The van der Waals surface area contributed by atoms with Crippen molar-refractivity contribution in [2.45, 2.75) is 50.4 Å². The van der Waals surface area contributed by atoms with Crippen molar-refractivity contribution < 1.29 is 27.4 Å². The molecule has 1 heterocycles. The zero-order chi connectivity index (χ0) is 17.9. The summed E-state index contributed by atoms with van der Waals surface area (Å²) in [5.41, 5.74) is -0.826. The van der Waals surface area contributed by atoms with E-state index in [1.807, 2.05) is 0 Å². The Morgan fingerprint density at radius 3 is 2.48 bits per heavy atom. The molecule has 2 N–H and O–H groups in total. The van der Waals surface area contributed by atoms with E-state index in [1.165, 1.54) is 6.07 Å². The molecule has 138 valence electrons. The molecule has 0 aromatic heterocycles. The summed E-state index contributed by atoms with van der Waals surface area (Å²) in [4.78, 5) is 12.2. The summed E-state index contributed by atoms with van der Waals surface area (Å²) in [5, 5.41) is 5.33. The standard InChI is InChI=1S/C17H21F3N2O3/c18-17(19,20)11-6-7-15(25-13-9-24-10-13)14(8-11)22-16(23)21-12-4-2-1-3-5-12/h6-8,12-13H,1-5,9-10H2,(H2,21,22,23). The molecule has 1 aromatic rings. The predicted octanol–water partition coefficient (Wildman–Crippen LogP) is 3.94. The third-order valence-corrected chi connectivity index (χ3v) is 4.40. The summed E-state index contributed by atoms with van der Waals surface area (Å²) < 4.78 is 49.5. The number of rotatable bonds is 4. The van der Waals surface area contributed by atoms with Gasteiger partial charge in [0.2, 0.25) is 0 Å². The molecule has 0 unspecified atom stereocenters. The van der Waals surface area contributed by atoms with Crippen LogP contribution in [0.5, 0.6) is 5.75 Å². The first-order valence-electron chi connectivity index (χ1n) is 8.45. The van der Waals surface area contributed by atoms with E-state index in [0.29, 0.717) is 13.2 Å². The molecule has 25 heavy (non-hydrogen) atoms. The van der Waals surface area contributed by atoms with Crippen molar-refractivity contribution in [3.63, 3.8) is 0 Å². The van der Waals surface area contributed by atoms with Gasteiger partial charge in [0.05, 0.1) is 24.5 Å². The van der Waals surface area contributed by atoms with Crippen molar-refractivity contribution in [1.29, 1.82) is 0 Å². The fraction of sp³-hybridized carbons (Fsp3) is 0.588. The molecule has 3 rings (SSSR count). The Balaban J connectivity index is 1.72. The number of alkyl halides is 3. The van der Waals surface area contributed by atoms with Crippen LogP contribution in [0.15, 0.2) is 18.2 Å². The second-order valence-corrected chi connectivity index (χ2v) is 6.42. The van der Waals surface area contributed by atoms with Crippen LogP contribution in [0, 0.1) is 0 Å². The average molecular weight is 358 g/mol. The molecular weight excluding hydrogens is 337 g/mol. The topological polar surface area (TPSA) is 59.6 Å². The number of anilines is 1. The van der Waals surface area contributed by atoms with E-state index in [0.717, 1.165) is 44.2 Å². The monoisotopic (exact) mass is 358 g/mol. The van der Waals surface area contributed by atoms with E-state index in [4.69, 9.17) is 9.47 Å². The fourth-order valence-corrected chi connectivity index (χ4v) is 2.96. The lowest BCUT2D eigenvalue weighted by Crippen LogP contribution is -2.40. The van der Waals surface area contributed by atoms with Gasteiger partial charge in [0.25, 0.3) is 0 Å². The van der Waals surface area contributed by atoms with Gasteiger partial charge in [0.15, 0.2) is 0 Å².